The minimum absolute atomic E-state index is 0.123. The van der Waals surface area contributed by atoms with Crippen LogP contribution in [0, 0.1) is 0 Å². The molecule has 2 rings (SSSR count). The van der Waals surface area contributed by atoms with Gasteiger partial charge < -0.3 is 15.7 Å². The Morgan fingerprint density at radius 3 is 3.17 bits per heavy atom. The summed E-state index contributed by atoms with van der Waals surface area (Å²) in [6.07, 6.45) is 2.60. The Bertz CT molecular complexity index is 380. The van der Waals surface area contributed by atoms with E-state index in [9.17, 15) is 9.90 Å². The Kier molecular flexibility index (Phi) is 4.74. The highest BCUT2D eigenvalue weighted by molar-refractivity contribution is 7.10. The highest BCUT2D eigenvalue weighted by Gasteiger charge is 2.30. The zero-order valence-electron chi connectivity index (χ0n) is 10.4. The van der Waals surface area contributed by atoms with E-state index in [1.54, 1.807) is 11.3 Å². The first-order valence-corrected chi connectivity index (χ1v) is 7.31. The van der Waals surface area contributed by atoms with E-state index in [1.165, 1.54) is 0 Å². The van der Waals surface area contributed by atoms with E-state index < -0.39 is 6.10 Å². The number of likely N-dealkylation sites (tertiary alicyclic amines) is 1. The van der Waals surface area contributed by atoms with Crippen LogP contribution in [0.5, 0.6) is 0 Å². The van der Waals surface area contributed by atoms with Crippen molar-refractivity contribution in [3.05, 3.63) is 22.4 Å². The summed E-state index contributed by atoms with van der Waals surface area (Å²) in [5.41, 5.74) is 5.43. The van der Waals surface area contributed by atoms with Crippen molar-refractivity contribution in [1.82, 2.24) is 4.90 Å². The van der Waals surface area contributed by atoms with Gasteiger partial charge in [-0.2, -0.15) is 0 Å². The van der Waals surface area contributed by atoms with Crippen molar-refractivity contribution in [2.45, 2.75) is 37.8 Å². The third-order valence-electron chi connectivity index (χ3n) is 3.42. The fourth-order valence-electron chi connectivity index (χ4n) is 2.53. The van der Waals surface area contributed by atoms with Gasteiger partial charge in [0.1, 0.15) is 0 Å². The van der Waals surface area contributed by atoms with Gasteiger partial charge in [-0.1, -0.05) is 6.07 Å². The number of aliphatic hydroxyl groups excluding tert-OH is 1. The topological polar surface area (TPSA) is 66.6 Å². The van der Waals surface area contributed by atoms with Crippen LogP contribution in [0.1, 0.15) is 36.7 Å². The standard InChI is InChI=1S/C13H20N2O2S/c14-6-5-13(17)15-7-1-3-10(15)9-11(16)12-4-2-8-18-12/h2,4,8,10-11,16H,1,3,5-7,9,14H2. The molecule has 1 fully saturated rings. The van der Waals surface area contributed by atoms with Gasteiger partial charge in [-0.15, -0.1) is 11.3 Å². The predicted molar refractivity (Wildman–Crippen MR) is 72.3 cm³/mol. The molecule has 1 aliphatic heterocycles. The lowest BCUT2D eigenvalue weighted by molar-refractivity contribution is -0.132. The summed E-state index contributed by atoms with van der Waals surface area (Å²) in [5.74, 6) is 0.123. The minimum atomic E-state index is -0.457. The molecule has 2 atom stereocenters. The number of nitrogens with two attached hydrogens (primary N) is 1. The third kappa shape index (κ3) is 3.10. The fourth-order valence-corrected chi connectivity index (χ4v) is 3.26. The van der Waals surface area contributed by atoms with E-state index in [0.29, 0.717) is 19.4 Å². The highest BCUT2D eigenvalue weighted by atomic mass is 32.1. The Hall–Kier alpha value is -0.910. The first-order valence-electron chi connectivity index (χ1n) is 6.43. The maximum absolute atomic E-state index is 11.9. The predicted octanol–water partition coefficient (Wildman–Crippen LogP) is 1.51. The summed E-state index contributed by atoms with van der Waals surface area (Å²) in [6.45, 7) is 1.20. The first kappa shape index (κ1) is 13.5. The van der Waals surface area contributed by atoms with Gasteiger partial charge in [0.25, 0.3) is 0 Å². The summed E-state index contributed by atoms with van der Waals surface area (Å²) < 4.78 is 0. The van der Waals surface area contributed by atoms with Gasteiger partial charge >= 0.3 is 0 Å². The number of amides is 1. The molecule has 0 aromatic carbocycles. The molecule has 3 N–H and O–H groups in total. The summed E-state index contributed by atoms with van der Waals surface area (Å²) in [5, 5.41) is 12.1. The zero-order valence-corrected chi connectivity index (χ0v) is 11.2. The Labute approximate surface area is 111 Å². The van der Waals surface area contributed by atoms with Gasteiger partial charge in [-0.05, 0) is 30.7 Å². The summed E-state index contributed by atoms with van der Waals surface area (Å²) in [7, 11) is 0. The number of thiophene rings is 1. The van der Waals surface area contributed by atoms with Gasteiger partial charge in [0.2, 0.25) is 5.91 Å². The molecule has 100 valence electrons. The number of carbonyl (C=O) groups is 1. The van der Waals surface area contributed by atoms with Crippen LogP contribution in [-0.4, -0.2) is 35.0 Å². The molecule has 1 aromatic heterocycles. The largest absolute Gasteiger partial charge is 0.387 e. The molecule has 18 heavy (non-hydrogen) atoms. The Morgan fingerprint density at radius 1 is 1.67 bits per heavy atom. The SMILES string of the molecule is NCCC(=O)N1CCCC1CC(O)c1cccs1. The number of rotatable bonds is 5. The van der Waals surface area contributed by atoms with E-state index in [-0.39, 0.29) is 11.9 Å². The maximum atomic E-state index is 11.9. The number of aliphatic hydroxyl groups is 1. The van der Waals surface area contributed by atoms with Gasteiger partial charge in [0.15, 0.2) is 0 Å². The molecule has 2 heterocycles. The van der Waals surface area contributed by atoms with Gasteiger partial charge in [0, 0.05) is 30.4 Å². The normalized spacial score (nSPS) is 21.2. The average Bonchev–Trinajstić information content (AvgIpc) is 2.99. The van der Waals surface area contributed by atoms with Crippen LogP contribution < -0.4 is 5.73 Å². The number of hydrogen-bond donors (Lipinski definition) is 2. The second-order valence-corrected chi connectivity index (χ2v) is 5.67. The molecular formula is C13H20N2O2S. The molecule has 0 bridgehead atoms. The Morgan fingerprint density at radius 2 is 2.50 bits per heavy atom. The van der Waals surface area contributed by atoms with Crippen molar-refractivity contribution < 1.29 is 9.90 Å². The van der Waals surface area contributed by atoms with E-state index in [0.717, 1.165) is 24.3 Å². The van der Waals surface area contributed by atoms with E-state index in [1.807, 2.05) is 22.4 Å². The molecule has 1 aliphatic rings. The Balaban J connectivity index is 1.93. The van der Waals surface area contributed by atoms with Crippen LogP contribution in [0.25, 0.3) is 0 Å². The van der Waals surface area contributed by atoms with Crippen molar-refractivity contribution in [1.29, 1.82) is 0 Å². The van der Waals surface area contributed by atoms with Crippen LogP contribution >= 0.6 is 11.3 Å². The minimum Gasteiger partial charge on any atom is -0.387 e. The van der Waals surface area contributed by atoms with E-state index >= 15 is 0 Å². The second-order valence-electron chi connectivity index (χ2n) is 4.69. The van der Waals surface area contributed by atoms with Crippen molar-refractivity contribution in [2.24, 2.45) is 5.73 Å². The highest BCUT2D eigenvalue weighted by Crippen LogP contribution is 2.29. The van der Waals surface area contributed by atoms with Crippen molar-refractivity contribution >= 4 is 17.2 Å². The first-order chi connectivity index (χ1) is 8.72. The molecule has 1 amide bonds. The average molecular weight is 268 g/mol. The molecular weight excluding hydrogens is 248 g/mol. The van der Waals surface area contributed by atoms with E-state index in [2.05, 4.69) is 0 Å². The summed E-state index contributed by atoms with van der Waals surface area (Å²) in [4.78, 5) is 14.8. The number of hydrogen-bond acceptors (Lipinski definition) is 4. The van der Waals surface area contributed by atoms with E-state index in [4.69, 9.17) is 5.73 Å². The molecule has 2 unspecified atom stereocenters. The lowest BCUT2D eigenvalue weighted by Gasteiger charge is -2.26. The molecule has 1 saturated heterocycles. The molecule has 5 heteroatoms. The molecule has 1 aromatic rings. The number of carbonyl (C=O) groups excluding carboxylic acids is 1. The van der Waals surface area contributed by atoms with Crippen molar-refractivity contribution in [2.75, 3.05) is 13.1 Å². The zero-order chi connectivity index (χ0) is 13.0. The van der Waals surface area contributed by atoms with Crippen molar-refractivity contribution in [3.63, 3.8) is 0 Å². The van der Waals surface area contributed by atoms with Gasteiger partial charge in [0.05, 0.1) is 6.10 Å². The van der Waals surface area contributed by atoms with Crippen LogP contribution in [0.3, 0.4) is 0 Å². The molecule has 0 aliphatic carbocycles. The maximum Gasteiger partial charge on any atom is 0.224 e. The van der Waals surface area contributed by atoms with Gasteiger partial charge in [-0.3, -0.25) is 4.79 Å². The monoisotopic (exact) mass is 268 g/mol. The summed E-state index contributed by atoms with van der Waals surface area (Å²) >= 11 is 1.56. The van der Waals surface area contributed by atoms with Crippen LogP contribution in [0.4, 0.5) is 0 Å². The van der Waals surface area contributed by atoms with Crippen molar-refractivity contribution in [3.8, 4) is 0 Å². The third-order valence-corrected chi connectivity index (χ3v) is 4.40. The lowest BCUT2D eigenvalue weighted by atomic mass is 10.1. The quantitative estimate of drug-likeness (QED) is 0.850. The molecule has 0 radical (unpaired) electrons. The fraction of sp³-hybridized carbons (Fsp3) is 0.615. The smallest absolute Gasteiger partial charge is 0.224 e. The molecule has 0 saturated carbocycles. The molecule has 0 spiro atoms. The van der Waals surface area contributed by atoms with Crippen LogP contribution in [0.2, 0.25) is 0 Å². The summed E-state index contributed by atoms with van der Waals surface area (Å²) in [6, 6.07) is 4.05. The van der Waals surface area contributed by atoms with Crippen LogP contribution in [-0.2, 0) is 4.79 Å². The van der Waals surface area contributed by atoms with Crippen LogP contribution in [0.15, 0.2) is 17.5 Å². The van der Waals surface area contributed by atoms with Gasteiger partial charge in [-0.25, -0.2) is 0 Å². The molecule has 4 nitrogen and oxygen atoms in total. The second kappa shape index (κ2) is 6.31. The number of nitrogens with zero attached hydrogens (tertiary/aromatic N) is 1. The lowest BCUT2D eigenvalue weighted by Crippen LogP contribution is -2.37.